The van der Waals surface area contributed by atoms with Gasteiger partial charge in [0.1, 0.15) is 0 Å². The van der Waals surface area contributed by atoms with E-state index in [9.17, 15) is 10.1 Å². The smallest absolute Gasteiger partial charge is 0.269 e. The van der Waals surface area contributed by atoms with E-state index in [0.29, 0.717) is 11.8 Å². The number of nitrogens with zero attached hydrogens (tertiary/aromatic N) is 1. The third-order valence-electron chi connectivity index (χ3n) is 5.33. The van der Waals surface area contributed by atoms with Gasteiger partial charge in [0.05, 0.1) is 11.0 Å². The highest BCUT2D eigenvalue weighted by molar-refractivity contribution is 5.64. The molecule has 0 spiro atoms. The number of nitro benzene ring substituents is 1. The Bertz CT molecular complexity index is 811. The molecule has 3 atom stereocenters. The molecule has 24 heavy (non-hydrogen) atoms. The van der Waals surface area contributed by atoms with Crippen molar-refractivity contribution in [2.24, 2.45) is 5.92 Å². The molecule has 4 heteroatoms. The van der Waals surface area contributed by atoms with E-state index in [4.69, 9.17) is 0 Å². The lowest BCUT2D eigenvalue weighted by Gasteiger charge is -2.38. The van der Waals surface area contributed by atoms with Crippen LogP contribution in [0.2, 0.25) is 0 Å². The monoisotopic (exact) mass is 320 g/mol. The molecule has 2 aliphatic rings. The van der Waals surface area contributed by atoms with Crippen molar-refractivity contribution in [1.82, 2.24) is 0 Å². The van der Waals surface area contributed by atoms with Gasteiger partial charge in [0, 0.05) is 23.7 Å². The van der Waals surface area contributed by atoms with E-state index in [1.165, 1.54) is 16.8 Å². The zero-order valence-corrected chi connectivity index (χ0v) is 13.6. The summed E-state index contributed by atoms with van der Waals surface area (Å²) >= 11 is 0. The summed E-state index contributed by atoms with van der Waals surface area (Å²) in [4.78, 5) is 10.6. The Morgan fingerprint density at radius 3 is 2.71 bits per heavy atom. The Hall–Kier alpha value is -2.62. The lowest BCUT2D eigenvalue weighted by atomic mass is 9.76. The van der Waals surface area contributed by atoms with Gasteiger partial charge < -0.3 is 5.32 Å². The van der Waals surface area contributed by atoms with Gasteiger partial charge >= 0.3 is 0 Å². The number of fused-ring (bicyclic) bond motifs is 3. The molecule has 1 heterocycles. The third kappa shape index (κ3) is 2.30. The zero-order valence-electron chi connectivity index (χ0n) is 13.6. The van der Waals surface area contributed by atoms with Gasteiger partial charge in [-0.1, -0.05) is 49.4 Å². The largest absolute Gasteiger partial charge is 0.377 e. The maximum atomic E-state index is 10.9. The SMILES string of the molecule is CCc1cccc2c1N[C@@H](c1ccc([N+](=O)[O-])cc1)[C@H]1CC=C[C@@H]21. The van der Waals surface area contributed by atoms with Gasteiger partial charge in [-0.2, -0.15) is 0 Å². The highest BCUT2D eigenvalue weighted by Crippen LogP contribution is 2.50. The van der Waals surface area contributed by atoms with Crippen LogP contribution in [0.25, 0.3) is 0 Å². The number of hydrogen-bond donors (Lipinski definition) is 1. The van der Waals surface area contributed by atoms with Crippen LogP contribution in [-0.4, -0.2) is 4.92 Å². The number of rotatable bonds is 3. The molecule has 0 aromatic heterocycles. The van der Waals surface area contributed by atoms with Gasteiger partial charge in [0.2, 0.25) is 0 Å². The number of aryl methyl sites for hydroxylation is 1. The minimum absolute atomic E-state index is 0.144. The summed E-state index contributed by atoms with van der Waals surface area (Å²) in [6.07, 6.45) is 6.62. The molecule has 4 rings (SSSR count). The summed E-state index contributed by atoms with van der Waals surface area (Å²) in [6, 6.07) is 13.7. The van der Waals surface area contributed by atoms with Crippen LogP contribution in [0.15, 0.2) is 54.6 Å². The number of non-ortho nitro benzene ring substituents is 1. The summed E-state index contributed by atoms with van der Waals surface area (Å²) in [5.41, 5.74) is 5.22. The average Bonchev–Trinajstić information content (AvgIpc) is 3.10. The molecule has 1 aliphatic carbocycles. The lowest BCUT2D eigenvalue weighted by molar-refractivity contribution is -0.384. The number of benzene rings is 2. The second-order valence-corrected chi connectivity index (χ2v) is 6.56. The predicted octanol–water partition coefficient (Wildman–Crippen LogP) is 4.98. The third-order valence-corrected chi connectivity index (χ3v) is 5.33. The first-order chi connectivity index (χ1) is 11.7. The molecule has 0 fully saturated rings. The van der Waals surface area contributed by atoms with Crippen molar-refractivity contribution in [2.75, 3.05) is 5.32 Å². The van der Waals surface area contributed by atoms with E-state index < -0.39 is 0 Å². The Morgan fingerprint density at radius 1 is 1.21 bits per heavy atom. The van der Waals surface area contributed by atoms with Crippen LogP contribution in [0, 0.1) is 16.0 Å². The van der Waals surface area contributed by atoms with Crippen molar-refractivity contribution in [3.05, 3.63) is 81.4 Å². The quantitative estimate of drug-likeness (QED) is 0.493. The number of hydrogen-bond acceptors (Lipinski definition) is 3. The van der Waals surface area contributed by atoms with E-state index in [2.05, 4.69) is 42.6 Å². The molecule has 0 saturated carbocycles. The van der Waals surface area contributed by atoms with Crippen LogP contribution >= 0.6 is 0 Å². The van der Waals surface area contributed by atoms with Crippen molar-refractivity contribution in [3.63, 3.8) is 0 Å². The van der Waals surface area contributed by atoms with Gasteiger partial charge in [-0.15, -0.1) is 0 Å². The summed E-state index contributed by atoms with van der Waals surface area (Å²) in [5.74, 6) is 0.888. The minimum atomic E-state index is -0.345. The first-order valence-corrected chi connectivity index (χ1v) is 8.48. The normalized spacial score (nSPS) is 24.1. The zero-order chi connectivity index (χ0) is 16.7. The Kier molecular flexibility index (Phi) is 3.60. The highest BCUT2D eigenvalue weighted by atomic mass is 16.6. The van der Waals surface area contributed by atoms with Crippen LogP contribution in [0.4, 0.5) is 11.4 Å². The summed E-state index contributed by atoms with van der Waals surface area (Å²) in [7, 11) is 0. The molecule has 1 N–H and O–H groups in total. The van der Waals surface area contributed by atoms with Crippen molar-refractivity contribution in [2.45, 2.75) is 31.7 Å². The fourth-order valence-corrected chi connectivity index (χ4v) is 4.11. The average molecular weight is 320 g/mol. The molecule has 0 radical (unpaired) electrons. The van der Waals surface area contributed by atoms with Gasteiger partial charge in [-0.3, -0.25) is 10.1 Å². The second kappa shape index (κ2) is 5.78. The molecule has 4 nitrogen and oxygen atoms in total. The number of allylic oxidation sites excluding steroid dienone is 2. The van der Waals surface area contributed by atoms with E-state index in [1.54, 1.807) is 12.1 Å². The molecular formula is C20H20N2O2. The van der Waals surface area contributed by atoms with Crippen molar-refractivity contribution in [1.29, 1.82) is 0 Å². The van der Waals surface area contributed by atoms with Crippen molar-refractivity contribution >= 4 is 11.4 Å². The van der Waals surface area contributed by atoms with Crippen LogP contribution in [0.5, 0.6) is 0 Å². The number of nitro groups is 1. The Balaban J connectivity index is 1.76. The standard InChI is InChI=1S/C20H20N2O2/c1-2-13-5-3-7-17-16-6-4-8-18(16)20(21-19(13)17)14-9-11-15(12-10-14)22(23)24/h3-7,9-12,16,18,20-21H,2,8H2,1H3/t16-,18-,20-/m0/s1. The van der Waals surface area contributed by atoms with Crippen molar-refractivity contribution in [3.8, 4) is 0 Å². The highest BCUT2D eigenvalue weighted by Gasteiger charge is 2.38. The maximum absolute atomic E-state index is 10.9. The van der Waals surface area contributed by atoms with E-state index in [0.717, 1.165) is 18.4 Å². The summed E-state index contributed by atoms with van der Waals surface area (Å²) < 4.78 is 0. The molecule has 0 unspecified atom stereocenters. The second-order valence-electron chi connectivity index (χ2n) is 6.56. The molecular weight excluding hydrogens is 300 g/mol. The summed E-state index contributed by atoms with van der Waals surface area (Å²) in [6.45, 7) is 2.18. The minimum Gasteiger partial charge on any atom is -0.377 e. The molecule has 0 saturated heterocycles. The van der Waals surface area contributed by atoms with Crippen LogP contribution < -0.4 is 5.32 Å². The molecule has 0 amide bonds. The van der Waals surface area contributed by atoms with E-state index >= 15 is 0 Å². The van der Waals surface area contributed by atoms with Gasteiger partial charge in [-0.25, -0.2) is 0 Å². The molecule has 1 aliphatic heterocycles. The lowest BCUT2D eigenvalue weighted by Crippen LogP contribution is -2.29. The number of nitrogens with one attached hydrogen (secondary N) is 1. The van der Waals surface area contributed by atoms with Crippen molar-refractivity contribution < 1.29 is 4.92 Å². The van der Waals surface area contributed by atoms with Gasteiger partial charge in [0.25, 0.3) is 5.69 Å². The fourth-order valence-electron chi connectivity index (χ4n) is 4.11. The Morgan fingerprint density at radius 2 is 2.00 bits per heavy atom. The Labute approximate surface area is 141 Å². The molecule has 2 aromatic rings. The predicted molar refractivity (Wildman–Crippen MR) is 95.3 cm³/mol. The van der Waals surface area contributed by atoms with E-state index in [1.807, 2.05) is 12.1 Å². The van der Waals surface area contributed by atoms with Crippen LogP contribution in [0.1, 0.15) is 42.0 Å². The maximum Gasteiger partial charge on any atom is 0.269 e. The van der Waals surface area contributed by atoms with Crippen LogP contribution in [-0.2, 0) is 6.42 Å². The first kappa shape index (κ1) is 14.9. The van der Waals surface area contributed by atoms with Gasteiger partial charge in [0.15, 0.2) is 0 Å². The number of anilines is 1. The van der Waals surface area contributed by atoms with E-state index in [-0.39, 0.29) is 16.7 Å². The molecule has 2 aromatic carbocycles. The van der Waals surface area contributed by atoms with Gasteiger partial charge in [-0.05, 0) is 35.4 Å². The number of para-hydroxylation sites is 1. The fraction of sp³-hybridized carbons (Fsp3) is 0.300. The molecule has 0 bridgehead atoms. The first-order valence-electron chi connectivity index (χ1n) is 8.48. The summed E-state index contributed by atoms with van der Waals surface area (Å²) in [5, 5.41) is 14.6. The van der Waals surface area contributed by atoms with Crippen LogP contribution in [0.3, 0.4) is 0 Å². The molecule has 122 valence electrons. The topological polar surface area (TPSA) is 55.2 Å².